The third-order valence-corrected chi connectivity index (χ3v) is 4.68. The molecule has 0 aliphatic rings. The number of nitrogens with one attached hydrogen (secondary N) is 1. The van der Waals surface area contributed by atoms with E-state index in [1.807, 2.05) is 37.3 Å². The van der Waals surface area contributed by atoms with Gasteiger partial charge in [0.1, 0.15) is 11.3 Å². The third kappa shape index (κ3) is 4.30. The molecule has 0 radical (unpaired) electrons. The lowest BCUT2D eigenvalue weighted by Crippen LogP contribution is -2.11. The number of anilines is 1. The van der Waals surface area contributed by atoms with Gasteiger partial charge in [-0.25, -0.2) is 4.79 Å². The van der Waals surface area contributed by atoms with Crippen LogP contribution in [-0.4, -0.2) is 24.7 Å². The van der Waals surface area contributed by atoms with E-state index in [0.29, 0.717) is 23.4 Å². The molecule has 0 amide bonds. The minimum Gasteiger partial charge on any atom is -0.497 e. The number of methoxy groups -OCH3 is 1. The molecule has 1 N–H and O–H groups in total. The van der Waals surface area contributed by atoms with Crippen molar-refractivity contribution in [3.63, 3.8) is 0 Å². The highest BCUT2D eigenvalue weighted by molar-refractivity contribution is 6.06. The number of rotatable bonds is 7. The summed E-state index contributed by atoms with van der Waals surface area (Å²) in [5, 5.41) is 13.5. The molecule has 6 heteroatoms. The fraction of sp³-hybridized carbons (Fsp3) is 0.261. The van der Waals surface area contributed by atoms with Crippen LogP contribution < -0.4 is 10.1 Å². The fourth-order valence-electron chi connectivity index (χ4n) is 3.20. The highest BCUT2D eigenvalue weighted by atomic mass is 16.5. The predicted octanol–water partition coefficient (Wildman–Crippen LogP) is 4.47. The van der Waals surface area contributed by atoms with E-state index in [9.17, 15) is 10.1 Å². The molecule has 0 fully saturated rings. The molecular formula is C23H23N3O3. The summed E-state index contributed by atoms with van der Waals surface area (Å²) in [6.07, 6.45) is 2.28. The number of esters is 1. The van der Waals surface area contributed by atoms with Gasteiger partial charge in [0.2, 0.25) is 0 Å². The minimum absolute atomic E-state index is 0.271. The number of nitrogens with zero attached hydrogens (tertiary/aromatic N) is 2. The quantitative estimate of drug-likeness (QED) is 0.600. The first-order valence-electron chi connectivity index (χ1n) is 9.50. The highest BCUT2D eigenvalue weighted by Crippen LogP contribution is 2.31. The third-order valence-electron chi connectivity index (χ3n) is 4.68. The Morgan fingerprint density at radius 3 is 2.59 bits per heavy atom. The molecule has 148 valence electrons. The average molecular weight is 389 g/mol. The van der Waals surface area contributed by atoms with Crippen LogP contribution in [0.15, 0.2) is 42.6 Å². The van der Waals surface area contributed by atoms with Crippen LogP contribution in [0.3, 0.4) is 0 Å². The zero-order chi connectivity index (χ0) is 20.8. The maximum Gasteiger partial charge on any atom is 0.341 e. The Morgan fingerprint density at radius 2 is 1.97 bits per heavy atom. The largest absolute Gasteiger partial charge is 0.497 e. The van der Waals surface area contributed by atoms with Crippen LogP contribution in [0.5, 0.6) is 5.75 Å². The van der Waals surface area contributed by atoms with E-state index in [2.05, 4.69) is 16.4 Å². The van der Waals surface area contributed by atoms with Gasteiger partial charge in [-0.1, -0.05) is 19.1 Å². The molecule has 3 aromatic rings. The van der Waals surface area contributed by atoms with Crippen LogP contribution >= 0.6 is 0 Å². The normalized spacial score (nSPS) is 10.4. The van der Waals surface area contributed by atoms with Crippen LogP contribution in [0.1, 0.15) is 40.9 Å². The van der Waals surface area contributed by atoms with Gasteiger partial charge in [0.25, 0.3) is 0 Å². The molecule has 0 unspecified atom stereocenters. The SMILES string of the molecule is CCOC(=O)c1cnc2c(CC)cc(C#N)cc2c1NCc1ccc(OC)cc1. The number of ether oxygens (including phenoxy) is 2. The lowest BCUT2D eigenvalue weighted by molar-refractivity contribution is 0.0527. The number of aromatic nitrogens is 1. The van der Waals surface area contributed by atoms with Crippen molar-refractivity contribution >= 4 is 22.6 Å². The second-order valence-corrected chi connectivity index (χ2v) is 6.47. The molecule has 3 rings (SSSR count). The van der Waals surface area contributed by atoms with E-state index in [0.717, 1.165) is 34.2 Å². The molecule has 0 spiro atoms. The monoisotopic (exact) mass is 389 g/mol. The lowest BCUT2D eigenvalue weighted by Gasteiger charge is -2.16. The van der Waals surface area contributed by atoms with Crippen molar-refractivity contribution < 1.29 is 14.3 Å². The Bertz CT molecular complexity index is 1070. The van der Waals surface area contributed by atoms with Crippen molar-refractivity contribution in [1.82, 2.24) is 4.98 Å². The van der Waals surface area contributed by atoms with E-state index >= 15 is 0 Å². The number of fused-ring (bicyclic) bond motifs is 1. The van der Waals surface area contributed by atoms with Gasteiger partial charge in [-0.05, 0) is 48.7 Å². The molecule has 2 aromatic carbocycles. The van der Waals surface area contributed by atoms with E-state index in [-0.39, 0.29) is 6.61 Å². The zero-order valence-corrected chi connectivity index (χ0v) is 16.8. The molecule has 1 heterocycles. The average Bonchev–Trinajstić information content (AvgIpc) is 2.76. The summed E-state index contributed by atoms with van der Waals surface area (Å²) in [7, 11) is 1.63. The molecule has 1 aromatic heterocycles. The van der Waals surface area contributed by atoms with E-state index in [1.54, 1.807) is 26.3 Å². The Balaban J connectivity index is 2.09. The summed E-state index contributed by atoms with van der Waals surface area (Å²) in [6.45, 7) is 4.54. The Kier molecular flexibility index (Phi) is 6.30. The van der Waals surface area contributed by atoms with Crippen molar-refractivity contribution in [3.05, 3.63) is 64.8 Å². The number of pyridine rings is 1. The Hall–Kier alpha value is -3.59. The van der Waals surface area contributed by atoms with Crippen LogP contribution in [0.2, 0.25) is 0 Å². The van der Waals surface area contributed by atoms with Gasteiger partial charge in [-0.2, -0.15) is 5.26 Å². The summed E-state index contributed by atoms with van der Waals surface area (Å²) < 4.78 is 10.4. The lowest BCUT2D eigenvalue weighted by atomic mass is 10.0. The maximum atomic E-state index is 12.5. The van der Waals surface area contributed by atoms with E-state index in [1.165, 1.54) is 0 Å². The van der Waals surface area contributed by atoms with Gasteiger partial charge in [0.05, 0.1) is 36.6 Å². The summed E-state index contributed by atoms with van der Waals surface area (Å²) >= 11 is 0. The maximum absolute atomic E-state index is 12.5. The smallest absolute Gasteiger partial charge is 0.341 e. The molecule has 0 aliphatic heterocycles. The second-order valence-electron chi connectivity index (χ2n) is 6.47. The van der Waals surface area contributed by atoms with Gasteiger partial charge >= 0.3 is 5.97 Å². The fourth-order valence-corrected chi connectivity index (χ4v) is 3.20. The first-order valence-corrected chi connectivity index (χ1v) is 9.50. The first-order chi connectivity index (χ1) is 14.1. The minimum atomic E-state index is -0.445. The van der Waals surface area contributed by atoms with Gasteiger partial charge < -0.3 is 14.8 Å². The topological polar surface area (TPSA) is 84.2 Å². The Labute approximate surface area is 170 Å². The number of hydrogen-bond donors (Lipinski definition) is 1. The standard InChI is InChI=1S/C23H23N3O3/c1-4-17-10-16(12-24)11-19-21(17)26-14-20(23(27)29-5-2)22(19)25-13-15-6-8-18(28-3)9-7-15/h6-11,14H,4-5,13H2,1-3H3,(H,25,26). The van der Waals surface area contributed by atoms with Crippen LogP contribution in [0.4, 0.5) is 5.69 Å². The van der Waals surface area contributed by atoms with Crippen molar-refractivity contribution in [2.24, 2.45) is 0 Å². The van der Waals surface area contributed by atoms with Gasteiger partial charge in [0, 0.05) is 18.1 Å². The predicted molar refractivity (Wildman–Crippen MR) is 112 cm³/mol. The molecular weight excluding hydrogens is 366 g/mol. The van der Waals surface area contributed by atoms with Crippen molar-refractivity contribution in [1.29, 1.82) is 5.26 Å². The Morgan fingerprint density at radius 1 is 1.21 bits per heavy atom. The van der Waals surface area contributed by atoms with Crippen molar-refractivity contribution in [2.45, 2.75) is 26.8 Å². The van der Waals surface area contributed by atoms with Crippen molar-refractivity contribution in [2.75, 3.05) is 19.0 Å². The van der Waals surface area contributed by atoms with Gasteiger partial charge in [-0.15, -0.1) is 0 Å². The number of carbonyl (C=O) groups excluding carboxylic acids is 1. The summed E-state index contributed by atoms with van der Waals surface area (Å²) in [6, 6.07) is 13.5. The highest BCUT2D eigenvalue weighted by Gasteiger charge is 2.18. The first kappa shape index (κ1) is 20.2. The number of carbonyl (C=O) groups is 1. The molecule has 29 heavy (non-hydrogen) atoms. The summed E-state index contributed by atoms with van der Waals surface area (Å²) in [5.41, 5.74) is 4.27. The van der Waals surface area contributed by atoms with E-state index < -0.39 is 5.97 Å². The number of aryl methyl sites for hydroxylation is 1. The van der Waals surface area contributed by atoms with Gasteiger partial charge in [0.15, 0.2) is 0 Å². The van der Waals surface area contributed by atoms with Crippen LogP contribution in [0, 0.1) is 11.3 Å². The van der Waals surface area contributed by atoms with Crippen LogP contribution in [0.25, 0.3) is 10.9 Å². The molecule has 0 atom stereocenters. The summed E-state index contributed by atoms with van der Waals surface area (Å²) in [5.74, 6) is 0.334. The molecule has 0 saturated heterocycles. The van der Waals surface area contributed by atoms with Crippen LogP contribution in [-0.2, 0) is 17.7 Å². The van der Waals surface area contributed by atoms with E-state index in [4.69, 9.17) is 9.47 Å². The number of nitriles is 1. The molecule has 0 aliphatic carbocycles. The summed E-state index contributed by atoms with van der Waals surface area (Å²) in [4.78, 5) is 17.0. The second kappa shape index (κ2) is 9.07. The zero-order valence-electron chi connectivity index (χ0n) is 16.8. The number of benzene rings is 2. The molecule has 0 saturated carbocycles. The van der Waals surface area contributed by atoms with Gasteiger partial charge in [-0.3, -0.25) is 4.98 Å². The van der Waals surface area contributed by atoms with Crippen molar-refractivity contribution in [3.8, 4) is 11.8 Å². The molecule has 0 bridgehead atoms. The number of hydrogen-bond acceptors (Lipinski definition) is 6. The molecule has 6 nitrogen and oxygen atoms in total.